The molecule has 2 aromatic heterocycles. The van der Waals surface area contributed by atoms with Crippen molar-refractivity contribution >= 4 is 28.8 Å². The summed E-state index contributed by atoms with van der Waals surface area (Å²) >= 11 is 11.6. The fraction of sp³-hybridized carbons (Fsp3) is 0.0526. The zero-order valence-electron chi connectivity index (χ0n) is 14.3. The van der Waals surface area contributed by atoms with Gasteiger partial charge in [0, 0.05) is 21.8 Å². The van der Waals surface area contributed by atoms with Crippen molar-refractivity contribution in [2.45, 2.75) is 6.18 Å². The summed E-state index contributed by atoms with van der Waals surface area (Å²) < 4.78 is 41.7. The molecule has 5 nitrogen and oxygen atoms in total. The molecule has 4 rings (SSSR count). The van der Waals surface area contributed by atoms with Gasteiger partial charge in [-0.25, -0.2) is 4.98 Å². The minimum absolute atomic E-state index is 0.0886. The number of aromatic nitrogens is 3. The molecule has 10 heteroatoms. The molecule has 29 heavy (non-hydrogen) atoms. The molecule has 0 radical (unpaired) electrons. The van der Waals surface area contributed by atoms with Crippen LogP contribution in [0.5, 0.6) is 5.75 Å². The van der Waals surface area contributed by atoms with Crippen LogP contribution in [-0.4, -0.2) is 19.7 Å². The van der Waals surface area contributed by atoms with Crippen LogP contribution in [0.2, 0.25) is 10.0 Å². The maximum Gasteiger partial charge on any atom is 0.433 e. The Morgan fingerprint density at radius 2 is 1.66 bits per heavy atom. The number of hydrogen-bond donors (Lipinski definition) is 2. The molecule has 2 aromatic carbocycles. The molecular weight excluding hydrogens is 430 g/mol. The van der Waals surface area contributed by atoms with Gasteiger partial charge in [0.2, 0.25) is 0 Å². The van der Waals surface area contributed by atoms with E-state index in [0.29, 0.717) is 9.54 Å². The molecule has 0 saturated heterocycles. The van der Waals surface area contributed by atoms with E-state index in [4.69, 9.17) is 23.2 Å². The summed E-state index contributed by atoms with van der Waals surface area (Å²) in [6.07, 6.45) is -3.65. The number of hydrogen-bond acceptors (Lipinski definition) is 3. The van der Waals surface area contributed by atoms with Crippen molar-refractivity contribution in [3.05, 3.63) is 74.8 Å². The highest BCUT2D eigenvalue weighted by Gasteiger charge is 2.38. The SMILES string of the molecule is O=c1c(-c2ccc(Cl)cc2O)cnc2c(-c3ccc(Cl)cc3)c(C(F)(F)F)[nH]n12. The molecule has 0 aliphatic carbocycles. The molecule has 2 N–H and O–H groups in total. The molecular formula is C19H10Cl2F3N3O2. The van der Waals surface area contributed by atoms with Crippen LogP contribution in [0.1, 0.15) is 5.69 Å². The Morgan fingerprint density at radius 3 is 2.28 bits per heavy atom. The van der Waals surface area contributed by atoms with Gasteiger partial charge in [0.05, 0.1) is 11.1 Å². The van der Waals surface area contributed by atoms with Gasteiger partial charge in [-0.2, -0.15) is 17.7 Å². The smallest absolute Gasteiger partial charge is 0.433 e. The van der Waals surface area contributed by atoms with Crippen LogP contribution in [0.4, 0.5) is 13.2 Å². The first-order chi connectivity index (χ1) is 13.7. The lowest BCUT2D eigenvalue weighted by molar-refractivity contribution is -0.140. The summed E-state index contributed by atoms with van der Waals surface area (Å²) in [6, 6.07) is 9.76. The van der Waals surface area contributed by atoms with Gasteiger partial charge in [-0.15, -0.1) is 0 Å². The van der Waals surface area contributed by atoms with E-state index in [0.717, 1.165) is 6.20 Å². The molecule has 0 atom stereocenters. The van der Waals surface area contributed by atoms with E-state index in [-0.39, 0.29) is 38.7 Å². The normalized spacial score (nSPS) is 11.9. The van der Waals surface area contributed by atoms with Crippen LogP contribution in [0, 0.1) is 0 Å². The number of aromatic hydroxyl groups is 1. The third kappa shape index (κ3) is 3.34. The largest absolute Gasteiger partial charge is 0.507 e. The van der Waals surface area contributed by atoms with Crippen molar-refractivity contribution in [1.82, 2.24) is 14.6 Å². The highest BCUT2D eigenvalue weighted by molar-refractivity contribution is 6.31. The van der Waals surface area contributed by atoms with E-state index in [1.807, 2.05) is 0 Å². The number of halogens is 5. The Hall–Kier alpha value is -2.97. The topological polar surface area (TPSA) is 70.4 Å². The number of nitrogens with one attached hydrogen (secondary N) is 1. The number of alkyl halides is 3. The van der Waals surface area contributed by atoms with Crippen LogP contribution in [0.3, 0.4) is 0 Å². The van der Waals surface area contributed by atoms with Gasteiger partial charge >= 0.3 is 6.18 Å². The highest BCUT2D eigenvalue weighted by Crippen LogP contribution is 2.38. The Labute approximate surface area is 170 Å². The second-order valence-electron chi connectivity index (χ2n) is 6.16. The summed E-state index contributed by atoms with van der Waals surface area (Å²) in [6.45, 7) is 0. The lowest BCUT2D eigenvalue weighted by atomic mass is 10.1. The summed E-state index contributed by atoms with van der Waals surface area (Å²) in [4.78, 5) is 17.0. The minimum atomic E-state index is -4.77. The summed E-state index contributed by atoms with van der Waals surface area (Å²) in [7, 11) is 0. The number of nitrogens with zero attached hydrogens (tertiary/aromatic N) is 2. The zero-order valence-corrected chi connectivity index (χ0v) is 15.8. The second-order valence-corrected chi connectivity index (χ2v) is 7.04. The summed E-state index contributed by atoms with van der Waals surface area (Å²) in [5.41, 5.74) is -2.22. The quantitative estimate of drug-likeness (QED) is 0.439. The van der Waals surface area contributed by atoms with E-state index in [1.165, 1.54) is 42.5 Å². The Balaban J connectivity index is 2.03. The number of benzene rings is 2. The molecule has 0 spiro atoms. The van der Waals surface area contributed by atoms with Crippen LogP contribution in [-0.2, 0) is 6.18 Å². The van der Waals surface area contributed by atoms with Gasteiger partial charge in [-0.05, 0) is 35.9 Å². The number of phenolic OH excluding ortho intramolecular Hbond substituents is 1. The molecule has 0 bridgehead atoms. The van der Waals surface area contributed by atoms with E-state index in [1.54, 1.807) is 0 Å². The lowest BCUT2D eigenvalue weighted by Gasteiger charge is -2.07. The fourth-order valence-corrected chi connectivity index (χ4v) is 3.32. The Bertz CT molecular complexity index is 1300. The first-order valence-electron chi connectivity index (χ1n) is 8.12. The molecule has 4 aromatic rings. The van der Waals surface area contributed by atoms with E-state index in [2.05, 4.69) is 10.1 Å². The van der Waals surface area contributed by atoms with Crippen molar-refractivity contribution < 1.29 is 18.3 Å². The minimum Gasteiger partial charge on any atom is -0.507 e. The third-order valence-corrected chi connectivity index (χ3v) is 4.81. The van der Waals surface area contributed by atoms with Crippen molar-refractivity contribution in [3.63, 3.8) is 0 Å². The molecule has 2 heterocycles. The Morgan fingerprint density at radius 1 is 1.00 bits per heavy atom. The van der Waals surface area contributed by atoms with Gasteiger partial charge in [-0.1, -0.05) is 35.3 Å². The molecule has 0 fully saturated rings. The number of H-pyrrole nitrogens is 1. The first kappa shape index (κ1) is 19.4. The van der Waals surface area contributed by atoms with Crippen LogP contribution < -0.4 is 5.56 Å². The van der Waals surface area contributed by atoms with E-state index in [9.17, 15) is 23.1 Å². The van der Waals surface area contributed by atoms with Crippen molar-refractivity contribution in [2.24, 2.45) is 0 Å². The number of rotatable bonds is 2. The monoisotopic (exact) mass is 439 g/mol. The number of aromatic amines is 1. The first-order valence-corrected chi connectivity index (χ1v) is 8.88. The standard InChI is InChI=1S/C19H10Cl2F3N3O2/c20-10-3-1-9(2-4-10)15-16(19(22,23)24)26-27-17(15)25-8-13(18(27)29)12-6-5-11(21)7-14(12)28/h1-8,26,28H. The fourth-order valence-electron chi connectivity index (χ4n) is 3.03. The van der Waals surface area contributed by atoms with Gasteiger partial charge in [0.1, 0.15) is 11.4 Å². The molecule has 0 aliphatic heterocycles. The Kier molecular flexibility index (Phi) is 4.55. The molecule has 148 valence electrons. The molecule has 0 amide bonds. The lowest BCUT2D eigenvalue weighted by Crippen LogP contribution is -2.18. The van der Waals surface area contributed by atoms with Crippen molar-refractivity contribution in [1.29, 1.82) is 0 Å². The summed E-state index contributed by atoms with van der Waals surface area (Å²) in [5, 5.41) is 12.8. The average molecular weight is 440 g/mol. The van der Waals surface area contributed by atoms with Crippen LogP contribution in [0.15, 0.2) is 53.5 Å². The predicted molar refractivity (Wildman–Crippen MR) is 103 cm³/mol. The van der Waals surface area contributed by atoms with Gasteiger partial charge in [-0.3, -0.25) is 9.89 Å². The molecule has 0 aliphatic rings. The maximum atomic E-state index is 13.7. The van der Waals surface area contributed by atoms with Crippen LogP contribution in [0.25, 0.3) is 27.9 Å². The second kappa shape index (κ2) is 6.82. The van der Waals surface area contributed by atoms with E-state index >= 15 is 0 Å². The van der Waals surface area contributed by atoms with Crippen molar-refractivity contribution in [3.8, 4) is 28.0 Å². The molecule has 0 unspecified atom stereocenters. The predicted octanol–water partition coefficient (Wildman–Crippen LogP) is 5.39. The summed E-state index contributed by atoms with van der Waals surface area (Å²) in [5.74, 6) is -0.295. The van der Waals surface area contributed by atoms with Gasteiger partial charge < -0.3 is 5.11 Å². The van der Waals surface area contributed by atoms with Crippen LogP contribution >= 0.6 is 23.2 Å². The maximum absolute atomic E-state index is 13.7. The number of phenols is 1. The third-order valence-electron chi connectivity index (χ3n) is 4.32. The van der Waals surface area contributed by atoms with Gasteiger partial charge in [0.25, 0.3) is 5.56 Å². The van der Waals surface area contributed by atoms with Crippen molar-refractivity contribution in [2.75, 3.05) is 0 Å². The van der Waals surface area contributed by atoms with E-state index < -0.39 is 17.4 Å². The van der Waals surface area contributed by atoms with Gasteiger partial charge in [0.15, 0.2) is 5.65 Å². The molecule has 0 saturated carbocycles. The number of fused-ring (bicyclic) bond motifs is 1. The average Bonchev–Trinajstić information content (AvgIpc) is 3.04. The highest BCUT2D eigenvalue weighted by atomic mass is 35.5. The zero-order chi connectivity index (χ0) is 20.9.